The molecule has 1 aliphatic rings. The molecule has 3 nitrogen and oxygen atoms in total. The fourth-order valence-electron chi connectivity index (χ4n) is 2.21. The minimum atomic E-state index is 0.0312. The lowest BCUT2D eigenvalue weighted by Crippen LogP contribution is -2.49. The second-order valence-corrected chi connectivity index (χ2v) is 6.23. The lowest BCUT2D eigenvalue weighted by molar-refractivity contribution is 0.0268. The van der Waals surface area contributed by atoms with E-state index in [2.05, 4.69) is 5.32 Å². The van der Waals surface area contributed by atoms with Crippen LogP contribution in [0.5, 0.6) is 0 Å². The predicted molar refractivity (Wildman–Crippen MR) is 70.7 cm³/mol. The highest BCUT2D eigenvalue weighted by Gasteiger charge is 2.31. The van der Waals surface area contributed by atoms with Crippen LogP contribution >= 0.6 is 22.9 Å². The Kier molecular flexibility index (Phi) is 4.82. The molecule has 2 rings (SSSR count). The highest BCUT2D eigenvalue weighted by molar-refractivity contribution is 7.16. The summed E-state index contributed by atoms with van der Waals surface area (Å²) in [5, 5.41) is 12.8. The molecule has 1 saturated heterocycles. The minimum Gasteiger partial charge on any atom is -0.396 e. The summed E-state index contributed by atoms with van der Waals surface area (Å²) in [4.78, 5) is 1.24. The summed E-state index contributed by atoms with van der Waals surface area (Å²) in [5.74, 6) is 0. The molecule has 2 N–H and O–H groups in total. The number of aliphatic hydroxyl groups excluding tert-OH is 1. The maximum absolute atomic E-state index is 9.19. The number of ether oxygens (including phenoxy) is 1. The van der Waals surface area contributed by atoms with E-state index in [-0.39, 0.29) is 12.1 Å². The second kappa shape index (κ2) is 6.16. The van der Waals surface area contributed by atoms with Gasteiger partial charge in [-0.2, -0.15) is 0 Å². The first-order chi connectivity index (χ1) is 8.24. The summed E-state index contributed by atoms with van der Waals surface area (Å²) < 4.78 is 6.21. The van der Waals surface area contributed by atoms with E-state index >= 15 is 0 Å². The summed E-state index contributed by atoms with van der Waals surface area (Å²) in [6, 6.07) is 3.97. The van der Waals surface area contributed by atoms with Gasteiger partial charge in [-0.3, -0.25) is 0 Å². The van der Waals surface area contributed by atoms with E-state index in [1.807, 2.05) is 12.1 Å². The van der Waals surface area contributed by atoms with Crippen LogP contribution < -0.4 is 5.32 Å². The molecule has 0 spiro atoms. The van der Waals surface area contributed by atoms with Gasteiger partial charge in [0.05, 0.1) is 4.34 Å². The molecule has 5 heteroatoms. The molecule has 0 aliphatic carbocycles. The Morgan fingerprint density at radius 3 is 2.76 bits per heavy atom. The number of hydrogen-bond donors (Lipinski definition) is 2. The van der Waals surface area contributed by atoms with Crippen LogP contribution in [0.3, 0.4) is 0 Å². The molecule has 1 aromatic heterocycles. The molecule has 96 valence electrons. The van der Waals surface area contributed by atoms with Crippen LogP contribution in [0.15, 0.2) is 12.1 Å². The monoisotopic (exact) mass is 275 g/mol. The molecule has 0 bridgehead atoms. The van der Waals surface area contributed by atoms with E-state index in [1.54, 1.807) is 11.3 Å². The third-order valence-electron chi connectivity index (χ3n) is 3.31. The van der Waals surface area contributed by atoms with Gasteiger partial charge in [0.1, 0.15) is 0 Å². The van der Waals surface area contributed by atoms with Crippen molar-refractivity contribution in [1.82, 2.24) is 5.32 Å². The summed E-state index contributed by atoms with van der Waals surface area (Å²) in [5.41, 5.74) is 0.0312. The predicted octanol–water partition coefficient (Wildman–Crippen LogP) is 2.42. The average Bonchev–Trinajstić information content (AvgIpc) is 2.75. The molecule has 17 heavy (non-hydrogen) atoms. The Balaban J connectivity index is 1.93. The Morgan fingerprint density at radius 1 is 1.41 bits per heavy atom. The second-order valence-electron chi connectivity index (χ2n) is 4.43. The average molecular weight is 276 g/mol. The molecular formula is C12H18ClNO2S. The van der Waals surface area contributed by atoms with Gasteiger partial charge in [0, 0.05) is 36.8 Å². The molecule has 1 aromatic rings. The molecule has 1 fully saturated rings. The Bertz CT molecular complexity index is 345. The van der Waals surface area contributed by atoms with Crippen LogP contribution in [-0.4, -0.2) is 30.5 Å². The minimum absolute atomic E-state index is 0.0312. The van der Waals surface area contributed by atoms with Gasteiger partial charge in [-0.05, 0) is 31.4 Å². The number of thiophene rings is 1. The van der Waals surface area contributed by atoms with Gasteiger partial charge in [-0.1, -0.05) is 11.6 Å². The maximum atomic E-state index is 9.19. The zero-order valence-corrected chi connectivity index (χ0v) is 11.3. The van der Waals surface area contributed by atoms with Gasteiger partial charge in [0.15, 0.2) is 0 Å². The van der Waals surface area contributed by atoms with Crippen LogP contribution in [0.4, 0.5) is 0 Å². The Labute approximate surface area is 111 Å². The van der Waals surface area contributed by atoms with Crippen molar-refractivity contribution >= 4 is 22.9 Å². The van der Waals surface area contributed by atoms with E-state index in [1.165, 1.54) is 4.88 Å². The smallest absolute Gasteiger partial charge is 0.0931 e. The van der Waals surface area contributed by atoms with E-state index < -0.39 is 0 Å². The zero-order valence-electron chi connectivity index (χ0n) is 9.75. The highest BCUT2D eigenvalue weighted by atomic mass is 35.5. The van der Waals surface area contributed by atoms with E-state index in [9.17, 15) is 5.11 Å². The first-order valence-electron chi connectivity index (χ1n) is 5.92. The van der Waals surface area contributed by atoms with Crippen molar-refractivity contribution in [2.75, 3.05) is 19.8 Å². The van der Waals surface area contributed by atoms with Crippen LogP contribution in [0, 0.1) is 0 Å². The van der Waals surface area contributed by atoms with Gasteiger partial charge in [-0.15, -0.1) is 11.3 Å². The van der Waals surface area contributed by atoms with Crippen LogP contribution in [0.2, 0.25) is 4.34 Å². The van der Waals surface area contributed by atoms with Crippen molar-refractivity contribution in [3.05, 3.63) is 21.3 Å². The fraction of sp³-hybridized carbons (Fsp3) is 0.667. The lowest BCUT2D eigenvalue weighted by Gasteiger charge is -2.37. The van der Waals surface area contributed by atoms with Gasteiger partial charge >= 0.3 is 0 Å². The fourth-order valence-corrected chi connectivity index (χ4v) is 3.24. The zero-order chi connectivity index (χ0) is 12.1. The SMILES string of the molecule is OCCC1(NCc2ccc(Cl)s2)CCOCC1. The molecule has 0 atom stereocenters. The Hall–Kier alpha value is -0.130. The van der Waals surface area contributed by atoms with Crippen molar-refractivity contribution in [3.63, 3.8) is 0 Å². The van der Waals surface area contributed by atoms with Crippen molar-refractivity contribution in [2.24, 2.45) is 0 Å². The van der Waals surface area contributed by atoms with E-state index in [0.29, 0.717) is 0 Å². The van der Waals surface area contributed by atoms with Crippen LogP contribution in [0.1, 0.15) is 24.1 Å². The van der Waals surface area contributed by atoms with Crippen molar-refractivity contribution in [3.8, 4) is 0 Å². The molecule has 2 heterocycles. The van der Waals surface area contributed by atoms with Gasteiger partial charge < -0.3 is 15.2 Å². The standard InChI is InChI=1S/C12H18ClNO2S/c13-11-2-1-10(17-11)9-14-12(3-6-15)4-7-16-8-5-12/h1-2,14-15H,3-9H2. The third kappa shape index (κ3) is 3.66. The lowest BCUT2D eigenvalue weighted by atomic mass is 9.87. The summed E-state index contributed by atoms with van der Waals surface area (Å²) in [7, 11) is 0. The summed E-state index contributed by atoms with van der Waals surface area (Å²) in [6.07, 6.45) is 2.72. The number of rotatable bonds is 5. The van der Waals surface area contributed by atoms with Crippen molar-refractivity contribution in [2.45, 2.75) is 31.3 Å². The van der Waals surface area contributed by atoms with Crippen LogP contribution in [0.25, 0.3) is 0 Å². The summed E-state index contributed by atoms with van der Waals surface area (Å²) in [6.45, 7) is 2.59. The van der Waals surface area contributed by atoms with Gasteiger partial charge in [0.2, 0.25) is 0 Å². The molecule has 0 radical (unpaired) electrons. The normalized spacial score (nSPS) is 19.4. The Morgan fingerprint density at radius 2 is 2.18 bits per heavy atom. The maximum Gasteiger partial charge on any atom is 0.0931 e. The molecule has 1 aliphatic heterocycles. The highest BCUT2D eigenvalue weighted by Crippen LogP contribution is 2.26. The van der Waals surface area contributed by atoms with Gasteiger partial charge in [0.25, 0.3) is 0 Å². The number of halogens is 1. The molecule has 0 aromatic carbocycles. The number of nitrogens with one attached hydrogen (secondary N) is 1. The van der Waals surface area contributed by atoms with Crippen LogP contribution in [-0.2, 0) is 11.3 Å². The molecule has 0 unspecified atom stereocenters. The molecule has 0 amide bonds. The van der Waals surface area contributed by atoms with E-state index in [0.717, 1.165) is 43.4 Å². The summed E-state index contributed by atoms with van der Waals surface area (Å²) >= 11 is 7.51. The largest absolute Gasteiger partial charge is 0.396 e. The molecular weight excluding hydrogens is 258 g/mol. The van der Waals surface area contributed by atoms with Gasteiger partial charge in [-0.25, -0.2) is 0 Å². The van der Waals surface area contributed by atoms with Crippen molar-refractivity contribution < 1.29 is 9.84 Å². The first kappa shape index (κ1) is 13.3. The third-order valence-corrected chi connectivity index (χ3v) is 4.54. The topological polar surface area (TPSA) is 41.5 Å². The first-order valence-corrected chi connectivity index (χ1v) is 7.11. The van der Waals surface area contributed by atoms with Crippen molar-refractivity contribution in [1.29, 1.82) is 0 Å². The number of hydrogen-bond acceptors (Lipinski definition) is 4. The quantitative estimate of drug-likeness (QED) is 0.867. The number of aliphatic hydroxyl groups is 1. The van der Waals surface area contributed by atoms with E-state index in [4.69, 9.17) is 16.3 Å². The molecule has 0 saturated carbocycles.